The van der Waals surface area contributed by atoms with Crippen LogP contribution in [0.5, 0.6) is 0 Å². The summed E-state index contributed by atoms with van der Waals surface area (Å²) in [4.78, 5) is 66.1. The van der Waals surface area contributed by atoms with E-state index in [9.17, 15) is 24.0 Å². The molecule has 37 heavy (non-hydrogen) atoms. The van der Waals surface area contributed by atoms with Gasteiger partial charge in [0.15, 0.2) is 0 Å². The Hall–Kier alpha value is -2.65. The van der Waals surface area contributed by atoms with E-state index in [2.05, 4.69) is 29.8 Å². The zero-order valence-electron chi connectivity index (χ0n) is 22.6. The van der Waals surface area contributed by atoms with E-state index in [0.717, 1.165) is 44.9 Å². The van der Waals surface area contributed by atoms with Crippen molar-refractivity contribution in [2.75, 3.05) is 6.54 Å². The van der Waals surface area contributed by atoms with Gasteiger partial charge in [0, 0.05) is 12.1 Å². The van der Waals surface area contributed by atoms with Crippen molar-refractivity contribution < 1.29 is 24.0 Å². The van der Waals surface area contributed by atoms with E-state index in [0.29, 0.717) is 13.0 Å². The zero-order chi connectivity index (χ0) is 27.1. The van der Waals surface area contributed by atoms with Gasteiger partial charge in [-0.25, -0.2) is 4.79 Å². The van der Waals surface area contributed by atoms with Gasteiger partial charge in [-0.3, -0.25) is 19.2 Å². The number of Topliss-reactive ketones (excluding diaryl/α,β-unsaturated/α-hetero) is 1. The summed E-state index contributed by atoms with van der Waals surface area (Å²) in [5.74, 6) is -2.46. The van der Waals surface area contributed by atoms with Crippen LogP contribution in [-0.2, 0) is 19.2 Å². The maximum Gasteiger partial charge on any atom is 0.315 e. The van der Waals surface area contributed by atoms with Crippen molar-refractivity contribution in [3.63, 3.8) is 0 Å². The number of fused-ring (bicyclic) bond motifs is 1. The van der Waals surface area contributed by atoms with E-state index in [1.807, 2.05) is 13.8 Å². The van der Waals surface area contributed by atoms with Crippen LogP contribution < -0.4 is 21.7 Å². The van der Waals surface area contributed by atoms with Gasteiger partial charge < -0.3 is 26.6 Å². The monoisotopic (exact) mass is 517 g/mol. The zero-order valence-corrected chi connectivity index (χ0v) is 22.6. The first-order chi connectivity index (χ1) is 17.4. The van der Waals surface area contributed by atoms with Gasteiger partial charge in [0.1, 0.15) is 12.1 Å². The molecule has 1 aliphatic heterocycles. The Morgan fingerprint density at radius 2 is 1.65 bits per heavy atom. The first kappa shape index (κ1) is 27.4. The SMILES string of the molecule is CCCC(NC(=O)[C@@H]1[C@@H]2[C@H](CN1C(=O)[C@@H](NC(=O)NC1(C)CC1)C1CCCCC1)C2(C)C)C(=O)C(N)=O. The number of nitrogens with two attached hydrogens (primary N) is 1. The number of likely N-dealkylation sites (tertiary alicyclic amines) is 1. The third kappa shape index (κ3) is 5.62. The molecule has 206 valence electrons. The lowest BCUT2D eigenvalue weighted by Gasteiger charge is -2.37. The Labute approximate surface area is 219 Å². The number of hydrogen-bond donors (Lipinski definition) is 4. The van der Waals surface area contributed by atoms with Crippen molar-refractivity contribution in [2.24, 2.45) is 28.9 Å². The van der Waals surface area contributed by atoms with Crippen molar-refractivity contribution in [1.82, 2.24) is 20.9 Å². The average Bonchev–Trinajstić information content (AvgIpc) is 3.61. The fourth-order valence-corrected chi connectivity index (χ4v) is 6.59. The number of hydrogen-bond acceptors (Lipinski definition) is 5. The van der Waals surface area contributed by atoms with E-state index in [1.165, 1.54) is 0 Å². The highest BCUT2D eigenvalue weighted by Gasteiger charge is 2.69. The summed E-state index contributed by atoms with van der Waals surface area (Å²) in [7, 11) is 0. The smallest absolute Gasteiger partial charge is 0.315 e. The number of rotatable bonds is 10. The molecule has 0 aromatic carbocycles. The molecule has 4 rings (SSSR count). The third-order valence-electron chi connectivity index (χ3n) is 9.30. The van der Waals surface area contributed by atoms with Crippen LogP contribution in [0.4, 0.5) is 4.79 Å². The van der Waals surface area contributed by atoms with E-state index >= 15 is 0 Å². The van der Waals surface area contributed by atoms with Crippen LogP contribution in [0.25, 0.3) is 0 Å². The molecule has 0 radical (unpaired) electrons. The van der Waals surface area contributed by atoms with Crippen molar-refractivity contribution in [2.45, 2.75) is 109 Å². The van der Waals surface area contributed by atoms with Crippen LogP contribution >= 0.6 is 0 Å². The minimum atomic E-state index is -1.08. The number of carbonyl (C=O) groups excluding carboxylic acids is 5. The molecule has 0 aromatic rings. The summed E-state index contributed by atoms with van der Waals surface area (Å²) < 4.78 is 0. The molecule has 0 spiro atoms. The summed E-state index contributed by atoms with van der Waals surface area (Å²) in [6.07, 6.45) is 7.52. The molecular formula is C27H43N5O5. The van der Waals surface area contributed by atoms with E-state index in [-0.39, 0.29) is 47.1 Å². The molecule has 0 bridgehead atoms. The van der Waals surface area contributed by atoms with Gasteiger partial charge in [0.05, 0.1) is 6.04 Å². The minimum absolute atomic E-state index is 0.0111. The van der Waals surface area contributed by atoms with Gasteiger partial charge in [0.25, 0.3) is 5.91 Å². The third-order valence-corrected chi connectivity index (χ3v) is 9.30. The highest BCUT2D eigenvalue weighted by Crippen LogP contribution is 2.65. The van der Waals surface area contributed by atoms with Crippen LogP contribution in [-0.4, -0.2) is 64.6 Å². The van der Waals surface area contributed by atoms with E-state index in [4.69, 9.17) is 5.73 Å². The second-order valence-electron chi connectivity index (χ2n) is 12.5. The quantitative estimate of drug-likeness (QED) is 0.325. The van der Waals surface area contributed by atoms with Crippen molar-refractivity contribution in [1.29, 1.82) is 0 Å². The molecule has 1 heterocycles. The lowest BCUT2D eigenvalue weighted by Crippen LogP contribution is -2.60. The summed E-state index contributed by atoms with van der Waals surface area (Å²) in [5.41, 5.74) is 4.89. The minimum Gasteiger partial charge on any atom is -0.363 e. The molecule has 10 nitrogen and oxygen atoms in total. The summed E-state index contributed by atoms with van der Waals surface area (Å²) >= 11 is 0. The van der Waals surface area contributed by atoms with Crippen molar-refractivity contribution in [3.05, 3.63) is 0 Å². The van der Waals surface area contributed by atoms with Crippen LogP contribution in [0.1, 0.15) is 85.5 Å². The van der Waals surface area contributed by atoms with Crippen LogP contribution in [0.15, 0.2) is 0 Å². The Morgan fingerprint density at radius 1 is 1.00 bits per heavy atom. The molecule has 5 atom stereocenters. The molecule has 1 saturated heterocycles. The lowest BCUT2D eigenvalue weighted by atomic mass is 9.83. The van der Waals surface area contributed by atoms with Crippen molar-refractivity contribution >= 4 is 29.5 Å². The fourth-order valence-electron chi connectivity index (χ4n) is 6.59. The number of nitrogens with one attached hydrogen (secondary N) is 3. The number of urea groups is 1. The largest absolute Gasteiger partial charge is 0.363 e. The van der Waals surface area contributed by atoms with Gasteiger partial charge in [-0.1, -0.05) is 46.5 Å². The Morgan fingerprint density at radius 3 is 2.22 bits per heavy atom. The highest BCUT2D eigenvalue weighted by atomic mass is 16.2. The molecule has 3 saturated carbocycles. The maximum absolute atomic E-state index is 14.1. The number of nitrogens with zero attached hydrogens (tertiary/aromatic N) is 1. The molecule has 0 aromatic heterocycles. The van der Waals surface area contributed by atoms with E-state index < -0.39 is 35.7 Å². The molecule has 10 heteroatoms. The standard InChI is InChI=1S/C27H43N5O5/c1-5-9-17(21(33)22(28)34)29-23(35)20-18-16(26(18,2)3)14-32(20)24(36)19(15-10-7-6-8-11-15)30-25(37)31-27(4)12-13-27/h15-20H,5-14H2,1-4H3,(H2,28,34)(H,29,35)(H2,30,31,37)/t16-,17?,18-,19-,20-/m0/s1. The summed E-state index contributed by atoms with van der Waals surface area (Å²) in [5, 5.41) is 8.70. The van der Waals surface area contributed by atoms with Gasteiger partial charge in [-0.2, -0.15) is 0 Å². The molecular weight excluding hydrogens is 474 g/mol. The highest BCUT2D eigenvalue weighted by molar-refractivity contribution is 6.37. The van der Waals surface area contributed by atoms with Gasteiger partial charge >= 0.3 is 6.03 Å². The van der Waals surface area contributed by atoms with Gasteiger partial charge in [-0.05, 0) is 62.2 Å². The molecule has 5 N–H and O–H groups in total. The van der Waals surface area contributed by atoms with Crippen LogP contribution in [0, 0.1) is 23.2 Å². The number of ketones is 1. The van der Waals surface area contributed by atoms with Gasteiger partial charge in [0.2, 0.25) is 17.6 Å². The number of carbonyl (C=O) groups is 5. The van der Waals surface area contributed by atoms with Crippen molar-refractivity contribution in [3.8, 4) is 0 Å². The summed E-state index contributed by atoms with van der Waals surface area (Å²) in [6.45, 7) is 8.44. The number of piperidine rings is 1. The second-order valence-corrected chi connectivity index (χ2v) is 12.5. The molecule has 1 unspecified atom stereocenters. The lowest BCUT2D eigenvalue weighted by molar-refractivity contribution is -0.144. The Kier molecular flexibility index (Phi) is 7.59. The second kappa shape index (κ2) is 10.3. The van der Waals surface area contributed by atoms with E-state index in [1.54, 1.807) is 4.90 Å². The predicted molar refractivity (Wildman–Crippen MR) is 137 cm³/mol. The normalized spacial score (nSPS) is 28.9. The molecule has 5 amide bonds. The first-order valence-corrected chi connectivity index (χ1v) is 13.9. The average molecular weight is 518 g/mol. The molecule has 4 fully saturated rings. The maximum atomic E-state index is 14.1. The van der Waals surface area contributed by atoms with Crippen LogP contribution in [0.3, 0.4) is 0 Å². The topological polar surface area (TPSA) is 151 Å². The predicted octanol–water partition coefficient (Wildman–Crippen LogP) is 1.61. The fraction of sp³-hybridized carbons (Fsp3) is 0.815. The molecule has 4 aliphatic rings. The number of amides is 5. The Balaban J connectivity index is 1.55. The molecule has 3 aliphatic carbocycles. The first-order valence-electron chi connectivity index (χ1n) is 13.9. The summed E-state index contributed by atoms with van der Waals surface area (Å²) in [6, 6.07) is -2.82. The Bertz CT molecular complexity index is 955. The number of primary amides is 1. The van der Waals surface area contributed by atoms with Gasteiger partial charge in [-0.15, -0.1) is 0 Å². The van der Waals surface area contributed by atoms with Crippen LogP contribution in [0.2, 0.25) is 0 Å².